The molecular weight excluding hydrogens is 393 g/mol. The molecule has 4 nitrogen and oxygen atoms in total. The summed E-state index contributed by atoms with van der Waals surface area (Å²) in [7, 11) is 0. The number of carbonyl (C=O) groups excluding carboxylic acids is 2. The molecule has 0 heterocycles. The molecule has 0 atom stereocenters. The summed E-state index contributed by atoms with van der Waals surface area (Å²) in [5.41, 5.74) is 1.92. The van der Waals surface area contributed by atoms with E-state index in [1.165, 1.54) is 24.3 Å². The van der Waals surface area contributed by atoms with Gasteiger partial charge in [-0.05, 0) is 60.5 Å². The number of hydrogen-bond donors (Lipinski definition) is 2. The van der Waals surface area contributed by atoms with Crippen molar-refractivity contribution >= 4 is 23.2 Å². The van der Waals surface area contributed by atoms with Crippen molar-refractivity contribution in [2.75, 3.05) is 10.6 Å². The van der Waals surface area contributed by atoms with Gasteiger partial charge in [0.05, 0.1) is 12.0 Å². The summed E-state index contributed by atoms with van der Waals surface area (Å²) in [6.45, 7) is 1.93. The van der Waals surface area contributed by atoms with Gasteiger partial charge in [0, 0.05) is 16.9 Å². The van der Waals surface area contributed by atoms with E-state index in [-0.39, 0.29) is 23.6 Å². The average Bonchev–Trinajstić information content (AvgIpc) is 2.70. The highest BCUT2D eigenvalue weighted by atomic mass is 19.4. The van der Waals surface area contributed by atoms with Crippen LogP contribution in [0, 0.1) is 6.92 Å². The van der Waals surface area contributed by atoms with Gasteiger partial charge in [-0.15, -0.1) is 0 Å². The number of rotatable bonds is 5. The molecule has 0 aromatic heterocycles. The van der Waals surface area contributed by atoms with Crippen molar-refractivity contribution < 1.29 is 22.8 Å². The van der Waals surface area contributed by atoms with E-state index in [0.29, 0.717) is 5.69 Å². The Labute approximate surface area is 171 Å². The fourth-order valence-corrected chi connectivity index (χ4v) is 2.87. The molecule has 3 rings (SSSR count). The van der Waals surface area contributed by atoms with Gasteiger partial charge in [0.2, 0.25) is 5.91 Å². The maximum absolute atomic E-state index is 12.8. The van der Waals surface area contributed by atoms with Gasteiger partial charge in [0.25, 0.3) is 5.91 Å². The second-order valence-corrected chi connectivity index (χ2v) is 6.76. The highest BCUT2D eigenvalue weighted by Crippen LogP contribution is 2.30. The number of halogens is 3. The third kappa shape index (κ3) is 5.47. The van der Waals surface area contributed by atoms with Crippen LogP contribution in [0.15, 0.2) is 72.8 Å². The van der Waals surface area contributed by atoms with E-state index in [2.05, 4.69) is 10.6 Å². The first-order valence-corrected chi connectivity index (χ1v) is 9.15. The van der Waals surface area contributed by atoms with Crippen molar-refractivity contribution in [1.29, 1.82) is 0 Å². The molecule has 2 N–H and O–H groups in total. The first-order valence-electron chi connectivity index (χ1n) is 9.15. The van der Waals surface area contributed by atoms with Crippen LogP contribution in [0.4, 0.5) is 24.5 Å². The van der Waals surface area contributed by atoms with Crippen molar-refractivity contribution in [2.24, 2.45) is 0 Å². The number of anilines is 2. The highest BCUT2D eigenvalue weighted by molar-refractivity contribution is 6.04. The van der Waals surface area contributed by atoms with Gasteiger partial charge in [-0.25, -0.2) is 0 Å². The van der Waals surface area contributed by atoms with Gasteiger partial charge in [-0.1, -0.05) is 30.3 Å². The second-order valence-electron chi connectivity index (χ2n) is 6.76. The molecule has 30 heavy (non-hydrogen) atoms. The minimum Gasteiger partial charge on any atom is -0.326 e. The lowest BCUT2D eigenvalue weighted by Crippen LogP contribution is -2.16. The summed E-state index contributed by atoms with van der Waals surface area (Å²) < 4.78 is 38.4. The average molecular weight is 412 g/mol. The molecule has 0 saturated heterocycles. The number of aryl methyl sites for hydroxylation is 1. The SMILES string of the molecule is Cc1ccccc1CC(=O)Nc1ccc(C(=O)Nc2cccc(C(F)(F)F)c2)cc1. The van der Waals surface area contributed by atoms with E-state index < -0.39 is 17.6 Å². The van der Waals surface area contributed by atoms with Crippen LogP contribution < -0.4 is 10.6 Å². The zero-order valence-corrected chi connectivity index (χ0v) is 16.1. The maximum Gasteiger partial charge on any atom is 0.416 e. The van der Waals surface area contributed by atoms with Crippen LogP contribution >= 0.6 is 0 Å². The van der Waals surface area contributed by atoms with Crippen LogP contribution in [0.5, 0.6) is 0 Å². The first kappa shape index (κ1) is 21.1. The van der Waals surface area contributed by atoms with Gasteiger partial charge in [-0.2, -0.15) is 13.2 Å². The van der Waals surface area contributed by atoms with Crippen LogP contribution in [0.3, 0.4) is 0 Å². The summed E-state index contributed by atoms with van der Waals surface area (Å²) >= 11 is 0. The number of benzene rings is 3. The minimum atomic E-state index is -4.49. The fourth-order valence-electron chi connectivity index (χ4n) is 2.87. The van der Waals surface area contributed by atoms with Crippen LogP contribution in [-0.4, -0.2) is 11.8 Å². The largest absolute Gasteiger partial charge is 0.416 e. The Bertz CT molecular complexity index is 1060. The summed E-state index contributed by atoms with van der Waals surface area (Å²) in [6, 6.07) is 18.1. The molecule has 0 bridgehead atoms. The molecule has 3 aromatic rings. The Kier molecular flexibility index (Phi) is 6.20. The molecule has 0 aliphatic carbocycles. The first-order chi connectivity index (χ1) is 14.2. The molecule has 0 aliphatic rings. The lowest BCUT2D eigenvalue weighted by molar-refractivity contribution is -0.137. The maximum atomic E-state index is 12.8. The molecule has 0 unspecified atom stereocenters. The molecule has 0 fully saturated rings. The summed E-state index contributed by atoms with van der Waals surface area (Å²) in [5.74, 6) is -0.738. The number of hydrogen-bond acceptors (Lipinski definition) is 2. The Balaban J connectivity index is 1.62. The molecule has 154 valence electrons. The Hall–Kier alpha value is -3.61. The number of carbonyl (C=O) groups is 2. The van der Waals surface area contributed by atoms with E-state index in [9.17, 15) is 22.8 Å². The number of alkyl halides is 3. The summed E-state index contributed by atoms with van der Waals surface area (Å²) in [4.78, 5) is 24.5. The second kappa shape index (κ2) is 8.82. The molecule has 0 aliphatic heterocycles. The van der Waals surface area contributed by atoms with E-state index in [1.54, 1.807) is 12.1 Å². The van der Waals surface area contributed by atoms with E-state index >= 15 is 0 Å². The predicted octanol–water partition coefficient (Wildman–Crippen LogP) is 5.45. The molecule has 3 aromatic carbocycles. The van der Waals surface area contributed by atoms with Crippen molar-refractivity contribution in [3.63, 3.8) is 0 Å². The van der Waals surface area contributed by atoms with Gasteiger partial charge < -0.3 is 10.6 Å². The lowest BCUT2D eigenvalue weighted by atomic mass is 10.1. The topological polar surface area (TPSA) is 58.2 Å². The molecule has 2 amide bonds. The zero-order valence-electron chi connectivity index (χ0n) is 16.1. The normalized spacial score (nSPS) is 11.1. The van der Waals surface area contributed by atoms with Gasteiger partial charge >= 0.3 is 6.18 Å². The predicted molar refractivity (Wildman–Crippen MR) is 109 cm³/mol. The summed E-state index contributed by atoms with van der Waals surface area (Å²) in [6.07, 6.45) is -4.26. The van der Waals surface area contributed by atoms with Crippen molar-refractivity contribution in [3.05, 3.63) is 95.1 Å². The van der Waals surface area contributed by atoms with Crippen LogP contribution in [-0.2, 0) is 17.4 Å². The Morgan fingerprint density at radius 3 is 2.20 bits per heavy atom. The summed E-state index contributed by atoms with van der Waals surface area (Å²) in [5, 5.41) is 5.21. The number of nitrogens with one attached hydrogen (secondary N) is 2. The van der Waals surface area contributed by atoms with E-state index in [1.807, 2.05) is 31.2 Å². The third-order valence-electron chi connectivity index (χ3n) is 4.49. The quantitative estimate of drug-likeness (QED) is 0.586. The lowest BCUT2D eigenvalue weighted by Gasteiger charge is -2.10. The molecule has 0 saturated carbocycles. The van der Waals surface area contributed by atoms with Crippen LogP contribution in [0.1, 0.15) is 27.0 Å². The monoisotopic (exact) mass is 412 g/mol. The van der Waals surface area contributed by atoms with E-state index in [4.69, 9.17) is 0 Å². The van der Waals surface area contributed by atoms with E-state index in [0.717, 1.165) is 23.3 Å². The van der Waals surface area contributed by atoms with Gasteiger partial charge in [-0.3, -0.25) is 9.59 Å². The standard InChI is InChI=1S/C23H19F3N2O2/c1-15-5-2-3-6-17(15)13-21(29)27-19-11-9-16(10-12-19)22(30)28-20-8-4-7-18(14-20)23(24,25)26/h2-12,14H,13H2,1H3,(H,27,29)(H,28,30). The molecular formula is C23H19F3N2O2. The highest BCUT2D eigenvalue weighted by Gasteiger charge is 2.30. The smallest absolute Gasteiger partial charge is 0.326 e. The van der Waals surface area contributed by atoms with Crippen molar-refractivity contribution in [3.8, 4) is 0 Å². The van der Waals surface area contributed by atoms with Crippen LogP contribution in [0.2, 0.25) is 0 Å². The van der Waals surface area contributed by atoms with Crippen molar-refractivity contribution in [2.45, 2.75) is 19.5 Å². The third-order valence-corrected chi connectivity index (χ3v) is 4.49. The van der Waals surface area contributed by atoms with Crippen LogP contribution in [0.25, 0.3) is 0 Å². The molecule has 0 radical (unpaired) electrons. The zero-order chi connectivity index (χ0) is 21.7. The minimum absolute atomic E-state index is 0.0467. The van der Waals surface area contributed by atoms with Crippen molar-refractivity contribution in [1.82, 2.24) is 0 Å². The van der Waals surface area contributed by atoms with Gasteiger partial charge in [0.15, 0.2) is 0 Å². The molecule has 0 spiro atoms. The molecule has 7 heteroatoms. The Morgan fingerprint density at radius 1 is 0.833 bits per heavy atom. The fraction of sp³-hybridized carbons (Fsp3) is 0.130. The Morgan fingerprint density at radius 2 is 1.53 bits per heavy atom. The number of amides is 2. The van der Waals surface area contributed by atoms with Gasteiger partial charge in [0.1, 0.15) is 0 Å².